The highest BCUT2D eigenvalue weighted by Gasteiger charge is 2.32. The lowest BCUT2D eigenvalue weighted by molar-refractivity contribution is -0.136. The first kappa shape index (κ1) is 30.5. The molecule has 0 saturated heterocycles. The Hall–Kier alpha value is -5.57. The number of para-hydroxylation sites is 2. The molecule has 0 saturated carbocycles. The lowest BCUT2D eigenvalue weighted by Gasteiger charge is -2.35. The van der Waals surface area contributed by atoms with Gasteiger partial charge in [0, 0.05) is 18.5 Å². The Labute approximate surface area is 266 Å². The average Bonchev–Trinajstić information content (AvgIpc) is 3.70. The van der Waals surface area contributed by atoms with E-state index < -0.39 is 30.1 Å². The van der Waals surface area contributed by atoms with Gasteiger partial charge in [-0.1, -0.05) is 60.7 Å². The van der Waals surface area contributed by atoms with E-state index in [2.05, 4.69) is 4.98 Å². The SMILES string of the molecule is C/C(CC(=O)O)=C(/O)C(=O)N(Cc1ccc2ccccc2c1)C(C)[C@H](C/C=C/c1nc2ccccc2o1)c1ccc2c(c1)OCO2. The maximum absolute atomic E-state index is 14.0. The molecule has 2 N–H and O–H groups in total. The fraction of sp³-hybridized carbons (Fsp3) is 0.216. The number of carboxylic acids is 1. The zero-order valence-electron chi connectivity index (χ0n) is 25.6. The Morgan fingerprint density at radius 2 is 1.70 bits per heavy atom. The van der Waals surface area contributed by atoms with Crippen LogP contribution in [0.15, 0.2) is 107 Å². The standard InChI is InChI=1S/C37H34N2O7/c1-23(18-35(40)41)36(42)37(43)39(21-25-14-15-26-8-3-4-9-27(26)19-25)24(2)29(28-16-17-32-33(20-28)45-22-44-32)10-7-13-34-38-30-11-5-6-12-31(30)46-34/h3-9,11-17,19-20,24,29,42H,10,18,21-22H2,1-2H3,(H,40,41)/b13-7+,36-23-/t24?,29-/m0/s1. The number of allylic oxidation sites excluding steroid dienone is 1. The number of carbonyl (C=O) groups excluding carboxylic acids is 1. The van der Waals surface area contributed by atoms with E-state index in [1.165, 1.54) is 6.92 Å². The van der Waals surface area contributed by atoms with Crippen molar-refractivity contribution in [3.8, 4) is 11.5 Å². The van der Waals surface area contributed by atoms with Crippen LogP contribution in [0.3, 0.4) is 0 Å². The number of benzene rings is 4. The van der Waals surface area contributed by atoms with E-state index in [9.17, 15) is 19.8 Å². The van der Waals surface area contributed by atoms with Crippen LogP contribution in [0.25, 0.3) is 27.9 Å². The molecular weight excluding hydrogens is 584 g/mol. The summed E-state index contributed by atoms with van der Waals surface area (Å²) in [7, 11) is 0. The molecular formula is C37H34N2O7. The number of ether oxygens (including phenoxy) is 2. The van der Waals surface area contributed by atoms with Crippen molar-refractivity contribution in [2.75, 3.05) is 6.79 Å². The molecule has 1 aromatic heterocycles. The van der Waals surface area contributed by atoms with Gasteiger partial charge in [0.05, 0.1) is 6.42 Å². The van der Waals surface area contributed by atoms with E-state index in [0.29, 0.717) is 29.4 Å². The molecule has 1 unspecified atom stereocenters. The van der Waals surface area contributed by atoms with Crippen LogP contribution in [-0.4, -0.2) is 44.8 Å². The highest BCUT2D eigenvalue weighted by atomic mass is 16.7. The van der Waals surface area contributed by atoms with Crippen LogP contribution >= 0.6 is 0 Å². The largest absolute Gasteiger partial charge is 0.503 e. The van der Waals surface area contributed by atoms with Gasteiger partial charge in [0.15, 0.2) is 22.8 Å². The van der Waals surface area contributed by atoms with E-state index in [1.54, 1.807) is 4.90 Å². The summed E-state index contributed by atoms with van der Waals surface area (Å²) in [6.07, 6.45) is 3.81. The van der Waals surface area contributed by atoms with Gasteiger partial charge in [0.2, 0.25) is 12.7 Å². The zero-order chi connectivity index (χ0) is 32.2. The first-order valence-electron chi connectivity index (χ1n) is 15.1. The highest BCUT2D eigenvalue weighted by Crippen LogP contribution is 2.38. The van der Waals surface area contributed by atoms with Crippen LogP contribution in [0.5, 0.6) is 11.5 Å². The molecule has 2 heterocycles. The number of carbonyl (C=O) groups is 2. The molecule has 1 aliphatic rings. The monoisotopic (exact) mass is 618 g/mol. The first-order valence-corrected chi connectivity index (χ1v) is 15.1. The Morgan fingerprint density at radius 3 is 2.50 bits per heavy atom. The number of hydrogen-bond donors (Lipinski definition) is 2. The molecule has 4 aromatic carbocycles. The second-order valence-corrected chi connectivity index (χ2v) is 11.4. The summed E-state index contributed by atoms with van der Waals surface area (Å²) in [6.45, 7) is 3.70. The third-order valence-electron chi connectivity index (χ3n) is 8.31. The van der Waals surface area contributed by atoms with Gasteiger partial charge in [-0.15, -0.1) is 0 Å². The molecule has 9 heteroatoms. The van der Waals surface area contributed by atoms with Gasteiger partial charge < -0.3 is 29.0 Å². The smallest absolute Gasteiger partial charge is 0.307 e. The number of amides is 1. The van der Waals surface area contributed by atoms with Crippen LogP contribution in [0.1, 0.15) is 49.6 Å². The quantitative estimate of drug-likeness (QED) is 0.115. The number of carboxylic acid groups (broad SMARTS) is 1. The number of oxazole rings is 1. The number of aliphatic hydroxyl groups excluding tert-OH is 1. The summed E-state index contributed by atoms with van der Waals surface area (Å²) in [5.41, 5.74) is 3.31. The fourth-order valence-electron chi connectivity index (χ4n) is 5.81. The van der Waals surface area contributed by atoms with Crippen LogP contribution in [0.4, 0.5) is 0 Å². The third-order valence-corrected chi connectivity index (χ3v) is 8.31. The third kappa shape index (κ3) is 6.58. The maximum Gasteiger partial charge on any atom is 0.307 e. The molecule has 6 rings (SSSR count). The summed E-state index contributed by atoms with van der Waals surface area (Å²) in [4.78, 5) is 31.6. The van der Waals surface area contributed by atoms with E-state index in [0.717, 1.165) is 27.4 Å². The van der Waals surface area contributed by atoms with E-state index in [1.807, 2.05) is 104 Å². The van der Waals surface area contributed by atoms with Crippen molar-refractivity contribution < 1.29 is 33.7 Å². The van der Waals surface area contributed by atoms with Crippen molar-refractivity contribution in [3.63, 3.8) is 0 Å². The Bertz CT molecular complexity index is 1940. The van der Waals surface area contributed by atoms with Gasteiger partial charge in [0.1, 0.15) is 5.52 Å². The van der Waals surface area contributed by atoms with Gasteiger partial charge in [-0.25, -0.2) is 4.98 Å². The van der Waals surface area contributed by atoms with E-state index in [-0.39, 0.29) is 24.8 Å². The van der Waals surface area contributed by atoms with Crippen LogP contribution in [0, 0.1) is 0 Å². The van der Waals surface area contributed by atoms with Crippen LogP contribution in [0.2, 0.25) is 0 Å². The minimum atomic E-state index is -1.13. The number of nitrogens with zero attached hydrogens (tertiary/aromatic N) is 2. The molecule has 0 radical (unpaired) electrons. The maximum atomic E-state index is 14.0. The summed E-state index contributed by atoms with van der Waals surface area (Å²) in [5, 5.41) is 22.5. The summed E-state index contributed by atoms with van der Waals surface area (Å²) in [5.74, 6) is -0.890. The van der Waals surface area contributed by atoms with E-state index >= 15 is 0 Å². The number of hydrogen-bond acceptors (Lipinski definition) is 7. The van der Waals surface area contributed by atoms with E-state index in [4.69, 9.17) is 13.9 Å². The number of aromatic nitrogens is 1. The van der Waals surface area contributed by atoms with Crippen molar-refractivity contribution in [1.29, 1.82) is 0 Å². The molecule has 0 fully saturated rings. The lowest BCUT2D eigenvalue weighted by atomic mass is 9.87. The van der Waals surface area contributed by atoms with Crippen molar-refractivity contribution in [2.24, 2.45) is 0 Å². The van der Waals surface area contributed by atoms with Crippen LogP contribution < -0.4 is 9.47 Å². The molecule has 2 atom stereocenters. The second-order valence-electron chi connectivity index (χ2n) is 11.4. The number of rotatable bonds is 11. The molecule has 1 aliphatic heterocycles. The minimum absolute atomic E-state index is 0.0868. The van der Waals surface area contributed by atoms with Gasteiger partial charge in [0.25, 0.3) is 5.91 Å². The number of aliphatic carboxylic acids is 1. The van der Waals surface area contributed by atoms with Gasteiger partial charge >= 0.3 is 5.97 Å². The zero-order valence-corrected chi connectivity index (χ0v) is 25.6. The molecule has 0 spiro atoms. The lowest BCUT2D eigenvalue weighted by Crippen LogP contribution is -2.42. The number of aliphatic hydroxyl groups is 1. The molecule has 1 amide bonds. The fourth-order valence-corrected chi connectivity index (χ4v) is 5.81. The summed E-state index contributed by atoms with van der Waals surface area (Å²) >= 11 is 0. The normalized spacial score (nSPS) is 14.4. The second kappa shape index (κ2) is 13.2. The van der Waals surface area contributed by atoms with Gasteiger partial charge in [-0.3, -0.25) is 9.59 Å². The van der Waals surface area contributed by atoms with Crippen molar-refractivity contribution in [2.45, 2.75) is 45.2 Å². The van der Waals surface area contributed by atoms with Gasteiger partial charge in [-0.05, 0) is 84.1 Å². The van der Waals surface area contributed by atoms with Crippen LogP contribution in [-0.2, 0) is 16.1 Å². The molecule has 0 bridgehead atoms. The minimum Gasteiger partial charge on any atom is -0.503 e. The predicted octanol–water partition coefficient (Wildman–Crippen LogP) is 7.62. The van der Waals surface area contributed by atoms with Crippen molar-refractivity contribution in [3.05, 3.63) is 119 Å². The molecule has 9 nitrogen and oxygen atoms in total. The summed E-state index contributed by atoms with van der Waals surface area (Å²) in [6, 6.07) is 26.7. The Morgan fingerprint density at radius 1 is 0.935 bits per heavy atom. The summed E-state index contributed by atoms with van der Waals surface area (Å²) < 4.78 is 17.1. The molecule has 0 aliphatic carbocycles. The molecule has 5 aromatic rings. The topological polar surface area (TPSA) is 122 Å². The van der Waals surface area contributed by atoms with Crippen molar-refractivity contribution >= 4 is 39.8 Å². The van der Waals surface area contributed by atoms with Gasteiger partial charge in [-0.2, -0.15) is 0 Å². The Kier molecular flexibility index (Phi) is 8.74. The predicted molar refractivity (Wildman–Crippen MR) is 175 cm³/mol. The highest BCUT2D eigenvalue weighted by molar-refractivity contribution is 5.93. The molecule has 46 heavy (non-hydrogen) atoms. The average molecular weight is 619 g/mol. The first-order chi connectivity index (χ1) is 22.3. The number of fused-ring (bicyclic) bond motifs is 3. The van der Waals surface area contributed by atoms with Crippen molar-refractivity contribution in [1.82, 2.24) is 9.88 Å². The molecule has 234 valence electrons. The Balaban J connectivity index is 1.37.